The molecule has 5 heteroatoms. The highest BCUT2D eigenvalue weighted by molar-refractivity contribution is 4.91. The highest BCUT2D eigenvalue weighted by Gasteiger charge is 2.19. The molecule has 1 saturated heterocycles. The molecule has 1 aromatic rings. The van der Waals surface area contributed by atoms with Gasteiger partial charge in [0.05, 0.1) is 6.10 Å². The second-order valence-corrected chi connectivity index (χ2v) is 4.61. The average Bonchev–Trinajstić information content (AvgIpc) is 2.91. The fourth-order valence-electron chi connectivity index (χ4n) is 2.15. The van der Waals surface area contributed by atoms with Crippen molar-refractivity contribution in [2.75, 3.05) is 13.2 Å². The summed E-state index contributed by atoms with van der Waals surface area (Å²) in [5, 5.41) is 7.32. The Labute approximate surface area is 102 Å². The number of hydrogen-bond acceptors (Lipinski definition) is 5. The third kappa shape index (κ3) is 3.78. The molecule has 0 spiro atoms. The summed E-state index contributed by atoms with van der Waals surface area (Å²) >= 11 is 0. The summed E-state index contributed by atoms with van der Waals surface area (Å²) in [7, 11) is 0. The summed E-state index contributed by atoms with van der Waals surface area (Å²) in [5.74, 6) is 1.49. The van der Waals surface area contributed by atoms with Crippen molar-refractivity contribution in [1.29, 1.82) is 0 Å². The topological polar surface area (TPSA) is 60.2 Å². The summed E-state index contributed by atoms with van der Waals surface area (Å²) in [6.45, 7) is 6.03. The molecule has 0 saturated carbocycles. The lowest BCUT2D eigenvalue weighted by Gasteiger charge is -2.08. The van der Waals surface area contributed by atoms with Crippen LogP contribution in [0.25, 0.3) is 0 Å². The standard InChI is InChI=1S/C12H21N3O2/c1-3-13-9(2)7-12-14-11(15-17-12)8-10-5-4-6-16-10/h9-10,13H,3-8H2,1-2H3. The van der Waals surface area contributed by atoms with Crippen molar-refractivity contribution in [3.63, 3.8) is 0 Å². The molecule has 1 aliphatic rings. The van der Waals surface area contributed by atoms with Crippen molar-refractivity contribution >= 4 is 0 Å². The maximum absolute atomic E-state index is 5.55. The van der Waals surface area contributed by atoms with Crippen molar-refractivity contribution in [2.45, 2.75) is 51.7 Å². The second kappa shape index (κ2) is 6.12. The van der Waals surface area contributed by atoms with Crippen LogP contribution in [0.2, 0.25) is 0 Å². The predicted octanol–water partition coefficient (Wildman–Crippen LogP) is 1.33. The van der Waals surface area contributed by atoms with Gasteiger partial charge in [-0.3, -0.25) is 0 Å². The Bertz CT molecular complexity index is 334. The highest BCUT2D eigenvalue weighted by atomic mass is 16.5. The smallest absolute Gasteiger partial charge is 0.228 e. The number of likely N-dealkylation sites (N-methyl/N-ethyl adjacent to an activating group) is 1. The fraction of sp³-hybridized carbons (Fsp3) is 0.833. The minimum Gasteiger partial charge on any atom is -0.378 e. The Morgan fingerprint density at radius 3 is 3.12 bits per heavy atom. The van der Waals surface area contributed by atoms with E-state index in [2.05, 4.69) is 29.3 Å². The first kappa shape index (κ1) is 12.5. The van der Waals surface area contributed by atoms with Gasteiger partial charge < -0.3 is 14.6 Å². The Morgan fingerprint density at radius 2 is 2.41 bits per heavy atom. The Balaban J connectivity index is 1.82. The van der Waals surface area contributed by atoms with Crippen molar-refractivity contribution in [1.82, 2.24) is 15.5 Å². The normalized spacial score (nSPS) is 21.9. The summed E-state index contributed by atoms with van der Waals surface area (Å²) in [6.07, 6.45) is 4.10. The Morgan fingerprint density at radius 1 is 1.53 bits per heavy atom. The summed E-state index contributed by atoms with van der Waals surface area (Å²) in [4.78, 5) is 4.40. The van der Waals surface area contributed by atoms with Gasteiger partial charge >= 0.3 is 0 Å². The molecule has 2 atom stereocenters. The number of aromatic nitrogens is 2. The zero-order chi connectivity index (χ0) is 12.1. The molecule has 1 aromatic heterocycles. The van der Waals surface area contributed by atoms with E-state index in [1.54, 1.807) is 0 Å². The van der Waals surface area contributed by atoms with E-state index in [1.807, 2.05) is 0 Å². The van der Waals surface area contributed by atoms with E-state index < -0.39 is 0 Å². The SMILES string of the molecule is CCNC(C)Cc1nc(CC2CCCO2)no1. The minimum atomic E-state index is 0.284. The molecule has 2 unspecified atom stereocenters. The first-order valence-corrected chi connectivity index (χ1v) is 6.44. The molecule has 0 radical (unpaired) electrons. The van der Waals surface area contributed by atoms with Crippen LogP contribution in [-0.2, 0) is 17.6 Å². The lowest BCUT2D eigenvalue weighted by molar-refractivity contribution is 0.109. The van der Waals surface area contributed by atoms with Crippen LogP contribution in [-0.4, -0.2) is 35.4 Å². The quantitative estimate of drug-likeness (QED) is 0.811. The largest absolute Gasteiger partial charge is 0.378 e. The van der Waals surface area contributed by atoms with Crippen molar-refractivity contribution in [2.24, 2.45) is 0 Å². The van der Waals surface area contributed by atoms with E-state index in [4.69, 9.17) is 9.26 Å². The van der Waals surface area contributed by atoms with Gasteiger partial charge in [-0.25, -0.2) is 0 Å². The molecule has 2 rings (SSSR count). The van der Waals surface area contributed by atoms with Crippen LogP contribution >= 0.6 is 0 Å². The van der Waals surface area contributed by atoms with Gasteiger partial charge in [0.25, 0.3) is 0 Å². The number of nitrogens with zero attached hydrogens (tertiary/aromatic N) is 2. The Hall–Kier alpha value is -0.940. The van der Waals surface area contributed by atoms with Gasteiger partial charge in [-0.2, -0.15) is 4.98 Å². The van der Waals surface area contributed by atoms with E-state index in [-0.39, 0.29) is 6.10 Å². The third-order valence-corrected chi connectivity index (χ3v) is 2.98. The molecular weight excluding hydrogens is 218 g/mol. The molecular formula is C12H21N3O2. The van der Waals surface area contributed by atoms with Crippen LogP contribution in [0.3, 0.4) is 0 Å². The number of nitrogens with one attached hydrogen (secondary N) is 1. The molecule has 0 aliphatic carbocycles. The van der Waals surface area contributed by atoms with Gasteiger partial charge in [-0.05, 0) is 26.3 Å². The van der Waals surface area contributed by atoms with Crippen molar-refractivity contribution in [3.05, 3.63) is 11.7 Å². The number of hydrogen-bond donors (Lipinski definition) is 1. The van der Waals surface area contributed by atoms with E-state index in [0.29, 0.717) is 11.9 Å². The molecule has 1 aliphatic heterocycles. The molecule has 0 amide bonds. The predicted molar refractivity (Wildman–Crippen MR) is 63.8 cm³/mol. The van der Waals surface area contributed by atoms with Gasteiger partial charge in [0.2, 0.25) is 5.89 Å². The molecule has 1 fully saturated rings. The first-order valence-electron chi connectivity index (χ1n) is 6.44. The third-order valence-electron chi connectivity index (χ3n) is 2.98. The summed E-state index contributed by atoms with van der Waals surface area (Å²) in [5.41, 5.74) is 0. The fourth-order valence-corrected chi connectivity index (χ4v) is 2.15. The summed E-state index contributed by atoms with van der Waals surface area (Å²) in [6, 6.07) is 0.371. The van der Waals surface area contributed by atoms with Gasteiger partial charge in [0.15, 0.2) is 5.82 Å². The monoisotopic (exact) mass is 239 g/mol. The van der Waals surface area contributed by atoms with E-state index >= 15 is 0 Å². The maximum atomic E-state index is 5.55. The lowest BCUT2D eigenvalue weighted by Crippen LogP contribution is -2.27. The minimum absolute atomic E-state index is 0.284. The zero-order valence-electron chi connectivity index (χ0n) is 10.6. The van der Waals surface area contributed by atoms with Crippen LogP contribution in [0.4, 0.5) is 0 Å². The van der Waals surface area contributed by atoms with Crippen molar-refractivity contribution < 1.29 is 9.26 Å². The van der Waals surface area contributed by atoms with Gasteiger partial charge in [0.1, 0.15) is 0 Å². The lowest BCUT2D eigenvalue weighted by atomic mass is 10.2. The second-order valence-electron chi connectivity index (χ2n) is 4.61. The molecule has 1 N–H and O–H groups in total. The van der Waals surface area contributed by atoms with Crippen molar-refractivity contribution in [3.8, 4) is 0 Å². The van der Waals surface area contributed by atoms with Crippen LogP contribution in [0, 0.1) is 0 Å². The van der Waals surface area contributed by atoms with Crippen LogP contribution in [0.5, 0.6) is 0 Å². The molecule has 0 aromatic carbocycles. The van der Waals surface area contributed by atoms with Crippen LogP contribution in [0.1, 0.15) is 38.4 Å². The van der Waals surface area contributed by atoms with Gasteiger partial charge in [-0.1, -0.05) is 12.1 Å². The highest BCUT2D eigenvalue weighted by Crippen LogP contribution is 2.15. The maximum Gasteiger partial charge on any atom is 0.228 e. The van der Waals surface area contributed by atoms with Crippen LogP contribution in [0.15, 0.2) is 4.52 Å². The summed E-state index contributed by atoms with van der Waals surface area (Å²) < 4.78 is 10.8. The van der Waals surface area contributed by atoms with E-state index in [0.717, 1.165) is 44.7 Å². The number of ether oxygens (including phenoxy) is 1. The van der Waals surface area contributed by atoms with Gasteiger partial charge in [0, 0.05) is 25.5 Å². The molecule has 0 bridgehead atoms. The first-order chi connectivity index (χ1) is 8.28. The number of rotatable bonds is 6. The van der Waals surface area contributed by atoms with Gasteiger partial charge in [-0.15, -0.1) is 0 Å². The molecule has 96 valence electrons. The average molecular weight is 239 g/mol. The zero-order valence-corrected chi connectivity index (χ0v) is 10.6. The Kier molecular flexibility index (Phi) is 4.50. The van der Waals surface area contributed by atoms with E-state index in [1.165, 1.54) is 0 Å². The molecule has 5 nitrogen and oxygen atoms in total. The van der Waals surface area contributed by atoms with E-state index in [9.17, 15) is 0 Å². The molecule has 2 heterocycles. The van der Waals surface area contributed by atoms with Crippen LogP contribution < -0.4 is 5.32 Å². The molecule has 17 heavy (non-hydrogen) atoms.